The standard InChI is InChI=1S/C16H30O2.C7H9F3O2/c1-4-5-6-7-8-9-10-11-12-13-14-18-16(17)15(2)3;1-5(2)6(11)12-4-3-7(8,9)10/h2,4-14H2,1,3H3;1,3-4H2,2H3. The third-order valence-corrected chi connectivity index (χ3v) is 4.05. The zero-order chi connectivity index (χ0) is 23.4. The van der Waals surface area contributed by atoms with E-state index in [2.05, 4.69) is 24.8 Å². The van der Waals surface area contributed by atoms with Crippen molar-refractivity contribution in [3.05, 3.63) is 24.3 Å². The first kappa shape index (κ1) is 30.4. The van der Waals surface area contributed by atoms with Gasteiger partial charge in [-0.2, -0.15) is 13.2 Å². The lowest BCUT2D eigenvalue weighted by Gasteiger charge is -2.06. The van der Waals surface area contributed by atoms with Gasteiger partial charge in [-0.05, 0) is 20.3 Å². The van der Waals surface area contributed by atoms with Gasteiger partial charge in [0.2, 0.25) is 0 Å². The van der Waals surface area contributed by atoms with Crippen LogP contribution in [-0.2, 0) is 19.1 Å². The van der Waals surface area contributed by atoms with E-state index >= 15 is 0 Å². The quantitative estimate of drug-likeness (QED) is 0.156. The van der Waals surface area contributed by atoms with Crippen LogP contribution in [0.5, 0.6) is 0 Å². The minimum absolute atomic E-state index is 0.0946. The molecule has 0 aromatic carbocycles. The second-order valence-electron chi connectivity index (χ2n) is 7.38. The Hall–Kier alpha value is -1.79. The first-order valence-electron chi connectivity index (χ1n) is 10.7. The maximum atomic E-state index is 11.5. The van der Waals surface area contributed by atoms with Crippen LogP contribution in [-0.4, -0.2) is 31.3 Å². The fourth-order valence-electron chi connectivity index (χ4n) is 2.26. The van der Waals surface area contributed by atoms with Gasteiger partial charge in [0.05, 0.1) is 13.0 Å². The summed E-state index contributed by atoms with van der Waals surface area (Å²) in [6.45, 7) is 12.0. The lowest BCUT2D eigenvalue weighted by Crippen LogP contribution is -2.14. The predicted octanol–water partition coefficient (Wildman–Crippen LogP) is 7.08. The molecule has 0 unspecified atom stereocenters. The maximum Gasteiger partial charge on any atom is 0.392 e. The molecule has 176 valence electrons. The second kappa shape index (κ2) is 19.2. The highest BCUT2D eigenvalue weighted by molar-refractivity contribution is 5.87. The van der Waals surface area contributed by atoms with E-state index in [1.54, 1.807) is 6.92 Å². The van der Waals surface area contributed by atoms with E-state index in [0.717, 1.165) is 6.42 Å². The Morgan fingerprint density at radius 1 is 0.700 bits per heavy atom. The smallest absolute Gasteiger partial charge is 0.392 e. The molecule has 0 rings (SSSR count). The van der Waals surface area contributed by atoms with E-state index < -0.39 is 25.2 Å². The van der Waals surface area contributed by atoms with Gasteiger partial charge >= 0.3 is 18.1 Å². The topological polar surface area (TPSA) is 52.6 Å². The molecule has 0 aromatic heterocycles. The SMILES string of the molecule is C=C(C)C(=O)OCCC(F)(F)F.C=C(C)C(=O)OCCCCCCCCCCCC. The molecule has 0 aromatic rings. The number of unbranched alkanes of at least 4 members (excludes halogenated alkanes) is 9. The third kappa shape index (κ3) is 24.2. The average molecular weight is 437 g/mol. The maximum absolute atomic E-state index is 11.5. The Labute approximate surface area is 179 Å². The van der Waals surface area contributed by atoms with Crippen LogP contribution >= 0.6 is 0 Å². The van der Waals surface area contributed by atoms with Crippen molar-refractivity contribution in [3.63, 3.8) is 0 Å². The highest BCUT2D eigenvalue weighted by Crippen LogP contribution is 2.19. The highest BCUT2D eigenvalue weighted by Gasteiger charge is 2.27. The summed E-state index contributed by atoms with van der Waals surface area (Å²) in [7, 11) is 0. The van der Waals surface area contributed by atoms with Crippen molar-refractivity contribution in [1.29, 1.82) is 0 Å². The van der Waals surface area contributed by atoms with Crippen LogP contribution in [0.2, 0.25) is 0 Å². The first-order valence-corrected chi connectivity index (χ1v) is 10.7. The molecule has 0 aliphatic carbocycles. The monoisotopic (exact) mass is 436 g/mol. The largest absolute Gasteiger partial charge is 0.462 e. The number of alkyl halides is 3. The van der Waals surface area contributed by atoms with Gasteiger partial charge in [-0.3, -0.25) is 0 Å². The summed E-state index contributed by atoms with van der Waals surface area (Å²) in [4.78, 5) is 21.6. The molecule has 0 aliphatic rings. The third-order valence-electron chi connectivity index (χ3n) is 4.05. The Kier molecular flexibility index (Phi) is 19.4. The van der Waals surface area contributed by atoms with Gasteiger partial charge in [0, 0.05) is 11.1 Å². The Bertz CT molecular complexity index is 499. The average Bonchev–Trinajstić information content (AvgIpc) is 2.65. The molecule has 0 N–H and O–H groups in total. The van der Waals surface area contributed by atoms with Crippen LogP contribution in [0, 0.1) is 0 Å². The number of halogens is 3. The lowest BCUT2D eigenvalue weighted by atomic mass is 10.1. The molecule has 0 amide bonds. The van der Waals surface area contributed by atoms with E-state index in [9.17, 15) is 22.8 Å². The van der Waals surface area contributed by atoms with Crippen molar-refractivity contribution in [2.75, 3.05) is 13.2 Å². The summed E-state index contributed by atoms with van der Waals surface area (Å²) in [6.07, 6.45) is 7.56. The Balaban J connectivity index is 0. The zero-order valence-corrected chi connectivity index (χ0v) is 18.9. The molecule has 0 spiro atoms. The van der Waals surface area contributed by atoms with Crippen LogP contribution < -0.4 is 0 Å². The van der Waals surface area contributed by atoms with E-state index in [1.807, 2.05) is 0 Å². The summed E-state index contributed by atoms with van der Waals surface area (Å²) < 4.78 is 43.7. The van der Waals surface area contributed by atoms with Gasteiger partial charge in [0.25, 0.3) is 0 Å². The van der Waals surface area contributed by atoms with E-state index in [0.29, 0.717) is 12.2 Å². The number of carbonyl (C=O) groups excluding carboxylic acids is 2. The molecule has 0 heterocycles. The molecule has 0 bridgehead atoms. The van der Waals surface area contributed by atoms with Crippen LogP contribution in [0.25, 0.3) is 0 Å². The van der Waals surface area contributed by atoms with E-state index in [1.165, 1.54) is 64.7 Å². The molecular formula is C23H39F3O4. The summed E-state index contributed by atoms with van der Waals surface area (Å²) in [5.41, 5.74) is 0.583. The molecule has 0 radical (unpaired) electrons. The van der Waals surface area contributed by atoms with Crippen molar-refractivity contribution in [2.45, 2.75) is 97.6 Å². The van der Waals surface area contributed by atoms with Gasteiger partial charge < -0.3 is 9.47 Å². The number of hydrogen-bond donors (Lipinski definition) is 0. The van der Waals surface area contributed by atoms with Gasteiger partial charge in [-0.25, -0.2) is 9.59 Å². The fraction of sp³-hybridized carbons (Fsp3) is 0.739. The van der Waals surface area contributed by atoms with Crippen LogP contribution in [0.1, 0.15) is 91.4 Å². The van der Waals surface area contributed by atoms with Crippen molar-refractivity contribution < 1.29 is 32.2 Å². The predicted molar refractivity (Wildman–Crippen MR) is 114 cm³/mol. The highest BCUT2D eigenvalue weighted by atomic mass is 19.4. The van der Waals surface area contributed by atoms with Crippen molar-refractivity contribution >= 4 is 11.9 Å². The van der Waals surface area contributed by atoms with Gasteiger partial charge in [0.15, 0.2) is 0 Å². The first-order chi connectivity index (χ1) is 14.0. The van der Waals surface area contributed by atoms with E-state index in [-0.39, 0.29) is 11.5 Å². The molecule has 0 saturated heterocycles. The number of rotatable bonds is 15. The molecule has 0 atom stereocenters. The molecule has 0 aliphatic heterocycles. The minimum atomic E-state index is -4.28. The summed E-state index contributed by atoms with van der Waals surface area (Å²) in [5.74, 6) is -1.05. The second-order valence-corrected chi connectivity index (χ2v) is 7.38. The molecule has 7 heteroatoms. The van der Waals surface area contributed by atoms with Crippen LogP contribution in [0.4, 0.5) is 13.2 Å². The molecule has 4 nitrogen and oxygen atoms in total. The zero-order valence-electron chi connectivity index (χ0n) is 18.9. The molecular weight excluding hydrogens is 397 g/mol. The number of esters is 2. The Morgan fingerprint density at radius 3 is 1.43 bits per heavy atom. The molecule has 0 fully saturated rings. The number of carbonyl (C=O) groups is 2. The van der Waals surface area contributed by atoms with Gasteiger partial charge in [-0.15, -0.1) is 0 Å². The molecule has 30 heavy (non-hydrogen) atoms. The molecule has 0 saturated carbocycles. The van der Waals surface area contributed by atoms with Gasteiger partial charge in [-0.1, -0.05) is 77.9 Å². The number of hydrogen-bond acceptors (Lipinski definition) is 4. The van der Waals surface area contributed by atoms with Crippen LogP contribution in [0.15, 0.2) is 24.3 Å². The summed E-state index contributed by atoms with van der Waals surface area (Å²) in [5, 5.41) is 0. The fourth-order valence-corrected chi connectivity index (χ4v) is 2.26. The Morgan fingerprint density at radius 2 is 1.07 bits per heavy atom. The van der Waals surface area contributed by atoms with Crippen LogP contribution in [0.3, 0.4) is 0 Å². The summed E-state index contributed by atoms with van der Waals surface area (Å²) >= 11 is 0. The summed E-state index contributed by atoms with van der Waals surface area (Å²) in [6, 6.07) is 0. The number of ether oxygens (including phenoxy) is 2. The lowest BCUT2D eigenvalue weighted by molar-refractivity contribution is -0.156. The van der Waals surface area contributed by atoms with E-state index in [4.69, 9.17) is 4.74 Å². The van der Waals surface area contributed by atoms with Crippen molar-refractivity contribution in [2.24, 2.45) is 0 Å². The van der Waals surface area contributed by atoms with Crippen molar-refractivity contribution in [1.82, 2.24) is 0 Å². The normalized spacial score (nSPS) is 10.6. The minimum Gasteiger partial charge on any atom is -0.462 e. The van der Waals surface area contributed by atoms with Gasteiger partial charge in [0.1, 0.15) is 6.61 Å². The van der Waals surface area contributed by atoms with Crippen molar-refractivity contribution in [3.8, 4) is 0 Å².